The number of benzene rings is 1. The molecule has 4 aromatic rings. The van der Waals surface area contributed by atoms with Gasteiger partial charge >= 0.3 is 11.4 Å². The van der Waals surface area contributed by atoms with Gasteiger partial charge in [0.2, 0.25) is 0 Å². The summed E-state index contributed by atoms with van der Waals surface area (Å²) in [5.41, 5.74) is -0.770. The number of imidazole rings is 1. The van der Waals surface area contributed by atoms with Crippen molar-refractivity contribution in [3.63, 3.8) is 0 Å². The van der Waals surface area contributed by atoms with Crippen LogP contribution in [-0.2, 0) is 19.6 Å². The zero-order chi connectivity index (χ0) is 22.1. The summed E-state index contributed by atoms with van der Waals surface area (Å²) in [5, 5.41) is 0. The highest BCUT2D eigenvalue weighted by molar-refractivity contribution is 5.70. The number of nitrogens with zero attached hydrogens (tertiary/aromatic N) is 4. The van der Waals surface area contributed by atoms with Gasteiger partial charge in [0, 0.05) is 18.3 Å². The van der Waals surface area contributed by atoms with E-state index in [0.717, 1.165) is 16.2 Å². The zero-order valence-electron chi connectivity index (χ0n) is 17.2. The topological polar surface area (TPSA) is 128 Å². The van der Waals surface area contributed by atoms with Gasteiger partial charge in [-0.2, -0.15) is 0 Å². The fourth-order valence-electron chi connectivity index (χ4n) is 3.59. The van der Waals surface area contributed by atoms with Crippen molar-refractivity contribution >= 4 is 11.2 Å². The first-order valence-electron chi connectivity index (χ1n) is 9.88. The lowest BCUT2D eigenvalue weighted by molar-refractivity contribution is 0.529. The largest absolute Gasteiger partial charge is 0.333 e. The highest BCUT2D eigenvalue weighted by Crippen LogP contribution is 2.12. The van der Waals surface area contributed by atoms with Crippen LogP contribution in [0.2, 0.25) is 0 Å². The molecule has 0 unspecified atom stereocenters. The van der Waals surface area contributed by atoms with Crippen LogP contribution >= 0.6 is 0 Å². The van der Waals surface area contributed by atoms with E-state index in [4.69, 9.17) is 0 Å². The van der Waals surface area contributed by atoms with E-state index in [1.807, 2.05) is 44.2 Å². The Balaban J connectivity index is 1.96. The number of rotatable bonds is 6. The summed E-state index contributed by atoms with van der Waals surface area (Å²) in [7, 11) is 0. The van der Waals surface area contributed by atoms with E-state index < -0.39 is 22.5 Å². The Morgan fingerprint density at radius 1 is 0.968 bits per heavy atom. The molecule has 10 nitrogen and oxygen atoms in total. The molecule has 3 aromatic heterocycles. The molecule has 0 aliphatic rings. The average molecular weight is 422 g/mol. The van der Waals surface area contributed by atoms with Gasteiger partial charge in [0.15, 0.2) is 11.2 Å². The van der Waals surface area contributed by atoms with Gasteiger partial charge in [-0.1, -0.05) is 44.2 Å². The molecule has 0 amide bonds. The minimum atomic E-state index is -0.703. The lowest BCUT2D eigenvalue weighted by atomic mass is 10.2. The Labute approximate surface area is 175 Å². The van der Waals surface area contributed by atoms with Crippen molar-refractivity contribution < 1.29 is 0 Å². The molecule has 1 aromatic carbocycles. The molecule has 0 atom stereocenters. The van der Waals surface area contributed by atoms with E-state index in [2.05, 4.69) is 15.0 Å². The van der Waals surface area contributed by atoms with Crippen molar-refractivity contribution in [1.82, 2.24) is 28.7 Å². The highest BCUT2D eigenvalue weighted by Gasteiger charge is 2.19. The Morgan fingerprint density at radius 3 is 2.39 bits per heavy atom. The molecular weight excluding hydrogens is 400 g/mol. The van der Waals surface area contributed by atoms with E-state index in [0.29, 0.717) is 17.7 Å². The molecule has 0 spiro atoms. The van der Waals surface area contributed by atoms with Gasteiger partial charge in [0.05, 0.1) is 19.4 Å². The molecule has 0 saturated heterocycles. The second-order valence-electron chi connectivity index (χ2n) is 7.82. The standard InChI is InChI=1S/C21H22N6O4/c1-13(2)9-25-12-22-18-17(25)19(29)27(11-15-8-16(28)24-20(30)23-15)21(31)26(18)10-14-6-4-3-5-7-14/h3-8,12-13H,9-11H2,1-2H3,(H2,23,24,28,30). The maximum absolute atomic E-state index is 13.3. The third kappa shape index (κ3) is 4.04. The summed E-state index contributed by atoms with van der Waals surface area (Å²) < 4.78 is 4.20. The Bertz CT molecular complexity index is 1440. The number of fused-ring (bicyclic) bond motifs is 1. The Morgan fingerprint density at radius 2 is 1.71 bits per heavy atom. The van der Waals surface area contributed by atoms with Crippen LogP contribution in [0.3, 0.4) is 0 Å². The summed E-state index contributed by atoms with van der Waals surface area (Å²) >= 11 is 0. The average Bonchev–Trinajstić information content (AvgIpc) is 3.11. The van der Waals surface area contributed by atoms with Crippen molar-refractivity contribution in [2.24, 2.45) is 5.92 Å². The van der Waals surface area contributed by atoms with Crippen LogP contribution in [0.4, 0.5) is 0 Å². The van der Waals surface area contributed by atoms with Crippen LogP contribution in [0.1, 0.15) is 25.1 Å². The van der Waals surface area contributed by atoms with E-state index in [1.165, 1.54) is 4.57 Å². The summed E-state index contributed by atoms with van der Waals surface area (Å²) in [6.07, 6.45) is 1.56. The summed E-state index contributed by atoms with van der Waals surface area (Å²) in [6, 6.07) is 10.5. The SMILES string of the molecule is CC(C)Cn1cnc2c1c(=O)n(Cc1cc(=O)[nH]c(=O)[nH]1)c(=O)n2Cc1ccccc1. The van der Waals surface area contributed by atoms with E-state index in [-0.39, 0.29) is 24.7 Å². The Kier molecular flexibility index (Phi) is 5.28. The number of nitrogens with one attached hydrogen (secondary N) is 2. The maximum Gasteiger partial charge on any atom is 0.333 e. The first-order chi connectivity index (χ1) is 14.8. The van der Waals surface area contributed by atoms with Gasteiger partial charge in [-0.15, -0.1) is 0 Å². The fraction of sp³-hybridized carbons (Fsp3) is 0.286. The van der Waals surface area contributed by atoms with Crippen LogP contribution in [0.25, 0.3) is 11.2 Å². The Hall–Kier alpha value is -3.95. The third-order valence-corrected chi connectivity index (χ3v) is 4.87. The number of hydrogen-bond donors (Lipinski definition) is 2. The second kappa shape index (κ2) is 8.05. The van der Waals surface area contributed by atoms with Crippen molar-refractivity contribution in [3.8, 4) is 0 Å². The molecule has 10 heteroatoms. The van der Waals surface area contributed by atoms with Gasteiger partial charge in [-0.3, -0.25) is 23.7 Å². The van der Waals surface area contributed by atoms with Crippen molar-refractivity contribution in [1.29, 1.82) is 0 Å². The fourth-order valence-corrected chi connectivity index (χ4v) is 3.59. The van der Waals surface area contributed by atoms with Gasteiger partial charge in [0.25, 0.3) is 11.1 Å². The van der Waals surface area contributed by atoms with Gasteiger partial charge in [-0.05, 0) is 11.5 Å². The maximum atomic E-state index is 13.3. The molecule has 0 radical (unpaired) electrons. The molecule has 2 N–H and O–H groups in total. The molecule has 160 valence electrons. The molecule has 0 bridgehead atoms. The lowest BCUT2D eigenvalue weighted by Crippen LogP contribution is -2.41. The second-order valence-corrected chi connectivity index (χ2v) is 7.82. The van der Waals surface area contributed by atoms with Gasteiger partial charge in [0.1, 0.15) is 0 Å². The van der Waals surface area contributed by atoms with Crippen molar-refractivity contribution in [3.05, 3.63) is 95.7 Å². The molecule has 0 fully saturated rings. The molecule has 31 heavy (non-hydrogen) atoms. The van der Waals surface area contributed by atoms with Gasteiger partial charge in [-0.25, -0.2) is 14.6 Å². The summed E-state index contributed by atoms with van der Waals surface area (Å²) in [6.45, 7) is 4.57. The minimum Gasteiger partial charge on any atom is -0.324 e. The molecule has 3 heterocycles. The van der Waals surface area contributed by atoms with Crippen molar-refractivity contribution in [2.45, 2.75) is 33.5 Å². The quantitative estimate of drug-likeness (QED) is 0.467. The van der Waals surface area contributed by atoms with Crippen LogP contribution in [-0.4, -0.2) is 28.7 Å². The van der Waals surface area contributed by atoms with E-state index >= 15 is 0 Å². The number of aromatic nitrogens is 6. The van der Waals surface area contributed by atoms with E-state index in [1.54, 1.807) is 10.9 Å². The molecule has 0 saturated carbocycles. The predicted octanol–water partition coefficient (Wildman–Crippen LogP) is 0.489. The van der Waals surface area contributed by atoms with E-state index in [9.17, 15) is 19.2 Å². The van der Waals surface area contributed by atoms with Crippen LogP contribution in [0.5, 0.6) is 0 Å². The zero-order valence-corrected chi connectivity index (χ0v) is 17.2. The smallest absolute Gasteiger partial charge is 0.324 e. The molecule has 4 rings (SSSR count). The molecule has 0 aliphatic carbocycles. The monoisotopic (exact) mass is 422 g/mol. The van der Waals surface area contributed by atoms with Gasteiger partial charge < -0.3 is 9.55 Å². The molecular formula is C21H22N6O4. The number of H-pyrrole nitrogens is 2. The normalized spacial score (nSPS) is 11.5. The first-order valence-corrected chi connectivity index (χ1v) is 9.88. The lowest BCUT2D eigenvalue weighted by Gasteiger charge is -2.13. The minimum absolute atomic E-state index is 0.161. The summed E-state index contributed by atoms with van der Waals surface area (Å²) in [4.78, 5) is 58.8. The third-order valence-electron chi connectivity index (χ3n) is 4.87. The van der Waals surface area contributed by atoms with Crippen LogP contribution < -0.4 is 22.5 Å². The summed E-state index contributed by atoms with van der Waals surface area (Å²) in [5.74, 6) is 0.254. The predicted molar refractivity (Wildman–Crippen MR) is 115 cm³/mol. The number of aromatic amines is 2. The number of hydrogen-bond acceptors (Lipinski definition) is 5. The van der Waals surface area contributed by atoms with Crippen LogP contribution in [0, 0.1) is 5.92 Å². The highest BCUT2D eigenvalue weighted by atomic mass is 16.2. The van der Waals surface area contributed by atoms with Crippen molar-refractivity contribution in [2.75, 3.05) is 0 Å². The molecule has 0 aliphatic heterocycles. The van der Waals surface area contributed by atoms with Crippen LogP contribution in [0.15, 0.2) is 61.9 Å². The first kappa shape index (κ1) is 20.3.